The van der Waals surface area contributed by atoms with Crippen molar-refractivity contribution in [2.75, 3.05) is 6.54 Å². The maximum Gasteiger partial charge on any atom is 0.0703 e. The Morgan fingerprint density at radius 1 is 1.21 bits per heavy atom. The van der Waals surface area contributed by atoms with Gasteiger partial charge in [-0.2, -0.15) is 5.10 Å². The molecule has 104 valence electrons. The van der Waals surface area contributed by atoms with Crippen molar-refractivity contribution in [3.8, 4) is 0 Å². The summed E-state index contributed by atoms with van der Waals surface area (Å²) in [5.74, 6) is 0. The lowest BCUT2D eigenvalue weighted by molar-refractivity contribution is 0.421. The van der Waals surface area contributed by atoms with E-state index in [1.54, 1.807) is 0 Å². The summed E-state index contributed by atoms with van der Waals surface area (Å²) in [6.45, 7) is 10.7. The summed E-state index contributed by atoms with van der Waals surface area (Å²) in [7, 11) is 0. The van der Waals surface area contributed by atoms with Crippen molar-refractivity contribution in [2.24, 2.45) is 0 Å². The number of fused-ring (bicyclic) bond motifs is 1. The van der Waals surface area contributed by atoms with Crippen molar-refractivity contribution in [3.63, 3.8) is 0 Å². The predicted octanol–water partition coefficient (Wildman–Crippen LogP) is 3.38. The van der Waals surface area contributed by atoms with Gasteiger partial charge in [-0.15, -0.1) is 0 Å². The molecule has 0 saturated heterocycles. The first-order valence-corrected chi connectivity index (χ1v) is 7.21. The van der Waals surface area contributed by atoms with Gasteiger partial charge >= 0.3 is 0 Å². The maximum atomic E-state index is 4.73. The van der Waals surface area contributed by atoms with E-state index >= 15 is 0 Å². The smallest absolute Gasteiger partial charge is 0.0703 e. The third-order valence-electron chi connectivity index (χ3n) is 3.28. The lowest BCUT2D eigenvalue weighted by atomic mass is 10.1. The molecule has 1 aromatic carbocycles. The molecule has 0 atom stereocenters. The summed E-state index contributed by atoms with van der Waals surface area (Å²) < 4.78 is 2.10. The van der Waals surface area contributed by atoms with E-state index in [1.807, 2.05) is 0 Å². The standard InChI is InChI=1S/C16H25N3/c1-5-19-15-11-7-6-9-13(15)14(18-19)10-8-12-17-16(2,3)4/h6-7,9,11,17H,5,8,10,12H2,1-4H3. The minimum Gasteiger partial charge on any atom is -0.312 e. The number of para-hydroxylation sites is 1. The van der Waals surface area contributed by atoms with Crippen molar-refractivity contribution in [1.29, 1.82) is 0 Å². The molecule has 0 bridgehead atoms. The van der Waals surface area contributed by atoms with Gasteiger partial charge < -0.3 is 5.32 Å². The third-order valence-corrected chi connectivity index (χ3v) is 3.28. The van der Waals surface area contributed by atoms with Crippen LogP contribution in [-0.2, 0) is 13.0 Å². The summed E-state index contributed by atoms with van der Waals surface area (Å²) in [4.78, 5) is 0. The highest BCUT2D eigenvalue weighted by Crippen LogP contribution is 2.19. The monoisotopic (exact) mass is 259 g/mol. The van der Waals surface area contributed by atoms with Crippen LogP contribution in [-0.4, -0.2) is 21.9 Å². The average Bonchev–Trinajstić information content (AvgIpc) is 2.72. The molecule has 1 N–H and O–H groups in total. The van der Waals surface area contributed by atoms with E-state index in [4.69, 9.17) is 5.10 Å². The van der Waals surface area contributed by atoms with E-state index in [0.717, 1.165) is 25.9 Å². The second kappa shape index (κ2) is 5.74. The van der Waals surface area contributed by atoms with E-state index < -0.39 is 0 Å². The van der Waals surface area contributed by atoms with Crippen LogP contribution in [0.1, 0.15) is 39.8 Å². The minimum atomic E-state index is 0.199. The molecular weight excluding hydrogens is 234 g/mol. The zero-order chi connectivity index (χ0) is 13.9. The third kappa shape index (κ3) is 3.57. The van der Waals surface area contributed by atoms with Gasteiger partial charge in [0.25, 0.3) is 0 Å². The number of nitrogens with zero attached hydrogens (tertiary/aromatic N) is 2. The normalized spacial score (nSPS) is 12.2. The number of rotatable bonds is 5. The molecule has 1 aromatic heterocycles. The quantitative estimate of drug-likeness (QED) is 0.834. The molecule has 0 amide bonds. The highest BCUT2D eigenvalue weighted by Gasteiger charge is 2.10. The van der Waals surface area contributed by atoms with Crippen LogP contribution >= 0.6 is 0 Å². The van der Waals surface area contributed by atoms with E-state index in [0.29, 0.717) is 0 Å². The van der Waals surface area contributed by atoms with Gasteiger partial charge in [-0.3, -0.25) is 4.68 Å². The fourth-order valence-electron chi connectivity index (χ4n) is 2.34. The number of aromatic nitrogens is 2. The van der Waals surface area contributed by atoms with Gasteiger partial charge in [-0.1, -0.05) is 18.2 Å². The predicted molar refractivity (Wildman–Crippen MR) is 81.5 cm³/mol. The van der Waals surface area contributed by atoms with Crippen molar-refractivity contribution in [3.05, 3.63) is 30.0 Å². The zero-order valence-corrected chi connectivity index (χ0v) is 12.5. The van der Waals surface area contributed by atoms with Crippen LogP contribution in [0.15, 0.2) is 24.3 Å². The number of nitrogens with one attached hydrogen (secondary N) is 1. The molecule has 0 aliphatic carbocycles. The Morgan fingerprint density at radius 3 is 2.63 bits per heavy atom. The fraction of sp³-hybridized carbons (Fsp3) is 0.562. The van der Waals surface area contributed by atoms with Crippen LogP contribution in [0, 0.1) is 0 Å². The highest BCUT2D eigenvalue weighted by atomic mass is 15.3. The van der Waals surface area contributed by atoms with Gasteiger partial charge in [-0.25, -0.2) is 0 Å². The summed E-state index contributed by atoms with van der Waals surface area (Å²) >= 11 is 0. The molecule has 19 heavy (non-hydrogen) atoms. The van der Waals surface area contributed by atoms with Gasteiger partial charge in [0.15, 0.2) is 0 Å². The van der Waals surface area contributed by atoms with Crippen molar-refractivity contribution < 1.29 is 0 Å². The lowest BCUT2D eigenvalue weighted by Crippen LogP contribution is -2.36. The number of benzene rings is 1. The molecule has 2 rings (SSSR count). The molecule has 0 aliphatic heterocycles. The van der Waals surface area contributed by atoms with Crippen LogP contribution in [0.25, 0.3) is 10.9 Å². The molecule has 0 radical (unpaired) electrons. The van der Waals surface area contributed by atoms with Crippen LogP contribution in [0.4, 0.5) is 0 Å². The van der Waals surface area contributed by atoms with Gasteiger partial charge in [-0.05, 0) is 53.1 Å². The minimum absolute atomic E-state index is 0.199. The van der Waals surface area contributed by atoms with E-state index in [1.165, 1.54) is 16.6 Å². The Labute approximate surface area is 116 Å². The first-order chi connectivity index (χ1) is 9.01. The van der Waals surface area contributed by atoms with E-state index in [2.05, 4.69) is 62.0 Å². The Bertz CT molecular complexity index is 534. The van der Waals surface area contributed by atoms with E-state index in [-0.39, 0.29) is 5.54 Å². The molecule has 3 nitrogen and oxygen atoms in total. The Morgan fingerprint density at radius 2 is 1.95 bits per heavy atom. The molecule has 1 heterocycles. The summed E-state index contributed by atoms with van der Waals surface area (Å²) in [5, 5.41) is 9.56. The van der Waals surface area contributed by atoms with Crippen LogP contribution in [0.2, 0.25) is 0 Å². The Kier molecular flexibility index (Phi) is 4.25. The largest absolute Gasteiger partial charge is 0.312 e. The van der Waals surface area contributed by atoms with Crippen molar-refractivity contribution in [1.82, 2.24) is 15.1 Å². The highest BCUT2D eigenvalue weighted by molar-refractivity contribution is 5.81. The molecule has 0 spiro atoms. The number of aryl methyl sites for hydroxylation is 2. The lowest BCUT2D eigenvalue weighted by Gasteiger charge is -2.20. The summed E-state index contributed by atoms with van der Waals surface area (Å²) in [5.41, 5.74) is 2.68. The van der Waals surface area contributed by atoms with Crippen LogP contribution < -0.4 is 5.32 Å². The maximum absolute atomic E-state index is 4.73. The number of hydrogen-bond donors (Lipinski definition) is 1. The van der Waals surface area contributed by atoms with Crippen LogP contribution in [0.5, 0.6) is 0 Å². The molecule has 3 heteroatoms. The zero-order valence-electron chi connectivity index (χ0n) is 12.5. The first kappa shape index (κ1) is 14.1. The van der Waals surface area contributed by atoms with E-state index in [9.17, 15) is 0 Å². The van der Waals surface area contributed by atoms with Gasteiger partial charge in [0.1, 0.15) is 0 Å². The molecule has 0 aliphatic rings. The van der Waals surface area contributed by atoms with Gasteiger partial charge in [0, 0.05) is 17.5 Å². The Balaban J connectivity index is 2.05. The molecule has 0 saturated carbocycles. The molecule has 0 unspecified atom stereocenters. The first-order valence-electron chi connectivity index (χ1n) is 7.21. The topological polar surface area (TPSA) is 29.9 Å². The summed E-state index contributed by atoms with van der Waals surface area (Å²) in [6, 6.07) is 8.52. The summed E-state index contributed by atoms with van der Waals surface area (Å²) in [6.07, 6.45) is 2.17. The second-order valence-corrected chi connectivity index (χ2v) is 6.06. The van der Waals surface area contributed by atoms with Gasteiger partial charge in [0.2, 0.25) is 0 Å². The average molecular weight is 259 g/mol. The second-order valence-electron chi connectivity index (χ2n) is 6.06. The fourth-order valence-corrected chi connectivity index (χ4v) is 2.34. The molecule has 0 fully saturated rings. The molecule has 2 aromatic rings. The number of hydrogen-bond acceptors (Lipinski definition) is 2. The van der Waals surface area contributed by atoms with Crippen molar-refractivity contribution >= 4 is 10.9 Å². The SMILES string of the molecule is CCn1nc(CCCNC(C)(C)C)c2ccccc21. The Hall–Kier alpha value is -1.35. The van der Waals surface area contributed by atoms with Crippen molar-refractivity contribution in [2.45, 2.75) is 52.6 Å². The molecular formula is C16H25N3. The van der Waals surface area contributed by atoms with Gasteiger partial charge in [0.05, 0.1) is 11.2 Å². The van der Waals surface area contributed by atoms with Crippen LogP contribution in [0.3, 0.4) is 0 Å².